The van der Waals surface area contributed by atoms with E-state index in [9.17, 15) is 0 Å². The van der Waals surface area contributed by atoms with Crippen molar-refractivity contribution in [1.82, 2.24) is 5.32 Å². The summed E-state index contributed by atoms with van der Waals surface area (Å²) >= 11 is 3.56. The van der Waals surface area contributed by atoms with Crippen LogP contribution in [-0.2, 0) is 11.2 Å². The highest BCUT2D eigenvalue weighted by atomic mass is 79.9. The van der Waals surface area contributed by atoms with Crippen LogP contribution in [0, 0.1) is 11.8 Å². The van der Waals surface area contributed by atoms with Gasteiger partial charge in [-0.2, -0.15) is 0 Å². The Bertz CT molecular complexity index is 379. The van der Waals surface area contributed by atoms with Gasteiger partial charge in [0.05, 0.1) is 6.10 Å². The molecule has 0 bridgehead atoms. The van der Waals surface area contributed by atoms with Crippen molar-refractivity contribution in [3.63, 3.8) is 0 Å². The minimum absolute atomic E-state index is 0.320. The predicted molar refractivity (Wildman–Crippen MR) is 94.7 cm³/mol. The first-order valence-electron chi connectivity index (χ1n) is 8.04. The molecule has 1 atom stereocenters. The first-order chi connectivity index (χ1) is 9.97. The second kappa shape index (κ2) is 10.4. The molecule has 0 saturated carbocycles. The largest absolute Gasteiger partial charge is 0.379 e. The second-order valence-electron chi connectivity index (χ2n) is 6.46. The van der Waals surface area contributed by atoms with Crippen LogP contribution < -0.4 is 5.32 Å². The monoisotopic (exact) mass is 355 g/mol. The van der Waals surface area contributed by atoms with Crippen LogP contribution in [0.25, 0.3) is 0 Å². The number of benzene rings is 1. The first kappa shape index (κ1) is 18.7. The molecular formula is C18H30BrNO. The Hall–Kier alpha value is -0.380. The van der Waals surface area contributed by atoms with Gasteiger partial charge in [0.25, 0.3) is 0 Å². The molecule has 21 heavy (non-hydrogen) atoms. The highest BCUT2D eigenvalue weighted by molar-refractivity contribution is 9.10. The van der Waals surface area contributed by atoms with Gasteiger partial charge in [-0.1, -0.05) is 41.9 Å². The molecule has 0 aliphatic carbocycles. The van der Waals surface area contributed by atoms with Gasteiger partial charge in [-0.3, -0.25) is 0 Å². The molecule has 1 N–H and O–H groups in total. The molecule has 0 heterocycles. The number of ether oxygens (including phenoxy) is 1. The van der Waals surface area contributed by atoms with Gasteiger partial charge in [-0.05, 0) is 69.3 Å². The molecule has 0 aliphatic rings. The Morgan fingerprint density at radius 1 is 1.14 bits per heavy atom. The molecular weight excluding hydrogens is 326 g/mol. The van der Waals surface area contributed by atoms with Gasteiger partial charge in [-0.15, -0.1) is 0 Å². The Morgan fingerprint density at radius 3 is 2.52 bits per heavy atom. The Morgan fingerprint density at radius 2 is 1.90 bits per heavy atom. The van der Waals surface area contributed by atoms with E-state index in [1.165, 1.54) is 5.56 Å². The van der Waals surface area contributed by atoms with Crippen LogP contribution in [0.5, 0.6) is 0 Å². The van der Waals surface area contributed by atoms with Gasteiger partial charge in [0.15, 0.2) is 0 Å². The summed E-state index contributed by atoms with van der Waals surface area (Å²) in [6, 6.07) is 8.63. The second-order valence-corrected chi connectivity index (χ2v) is 7.38. The van der Waals surface area contributed by atoms with E-state index >= 15 is 0 Å². The van der Waals surface area contributed by atoms with E-state index in [-0.39, 0.29) is 0 Å². The molecule has 2 nitrogen and oxygen atoms in total. The maximum Gasteiger partial charge on any atom is 0.0518 e. The van der Waals surface area contributed by atoms with E-state index in [2.05, 4.69) is 73.2 Å². The average molecular weight is 356 g/mol. The Kier molecular flexibility index (Phi) is 9.21. The van der Waals surface area contributed by atoms with Crippen LogP contribution in [0.15, 0.2) is 28.7 Å². The summed E-state index contributed by atoms with van der Waals surface area (Å²) < 4.78 is 6.88. The lowest BCUT2D eigenvalue weighted by atomic mass is 9.96. The zero-order valence-corrected chi connectivity index (χ0v) is 15.4. The smallest absolute Gasteiger partial charge is 0.0518 e. The zero-order chi connectivity index (χ0) is 15.7. The SMILES string of the molecule is CC(C)CNCC(CCOC(C)C)Cc1cccc(Br)c1. The fourth-order valence-corrected chi connectivity index (χ4v) is 2.77. The third-order valence-corrected chi connectivity index (χ3v) is 3.87. The standard InChI is InChI=1S/C18H30BrNO/c1-14(2)12-20-13-17(8-9-21-15(3)4)10-16-6-5-7-18(19)11-16/h5-7,11,14-15,17,20H,8-10,12-13H2,1-4H3. The van der Waals surface area contributed by atoms with Crippen LogP contribution in [-0.4, -0.2) is 25.8 Å². The minimum atomic E-state index is 0.320. The summed E-state index contributed by atoms with van der Waals surface area (Å²) in [4.78, 5) is 0. The average Bonchev–Trinajstić information content (AvgIpc) is 2.37. The minimum Gasteiger partial charge on any atom is -0.379 e. The van der Waals surface area contributed by atoms with Crippen molar-refractivity contribution in [2.24, 2.45) is 11.8 Å². The first-order valence-corrected chi connectivity index (χ1v) is 8.83. The molecule has 3 heteroatoms. The van der Waals surface area contributed by atoms with Crippen LogP contribution in [0.2, 0.25) is 0 Å². The van der Waals surface area contributed by atoms with Crippen molar-refractivity contribution in [3.8, 4) is 0 Å². The van der Waals surface area contributed by atoms with E-state index in [4.69, 9.17) is 4.74 Å². The van der Waals surface area contributed by atoms with Gasteiger partial charge in [0.1, 0.15) is 0 Å². The van der Waals surface area contributed by atoms with E-state index < -0.39 is 0 Å². The number of rotatable bonds is 10. The maximum atomic E-state index is 5.72. The molecule has 0 spiro atoms. The summed E-state index contributed by atoms with van der Waals surface area (Å²) in [5, 5.41) is 3.59. The quantitative estimate of drug-likeness (QED) is 0.658. The summed E-state index contributed by atoms with van der Waals surface area (Å²) in [5.41, 5.74) is 1.39. The fraction of sp³-hybridized carbons (Fsp3) is 0.667. The lowest BCUT2D eigenvalue weighted by Crippen LogP contribution is -2.28. The lowest BCUT2D eigenvalue weighted by molar-refractivity contribution is 0.0682. The van der Waals surface area contributed by atoms with Crippen molar-refractivity contribution in [2.45, 2.75) is 46.6 Å². The van der Waals surface area contributed by atoms with Gasteiger partial charge < -0.3 is 10.1 Å². The summed E-state index contributed by atoms with van der Waals surface area (Å²) in [6.07, 6.45) is 2.53. The number of hydrogen-bond donors (Lipinski definition) is 1. The Balaban J connectivity index is 2.49. The normalized spacial score (nSPS) is 13.1. The highest BCUT2D eigenvalue weighted by Crippen LogP contribution is 2.17. The number of nitrogens with one attached hydrogen (secondary N) is 1. The van der Waals surface area contributed by atoms with Crippen molar-refractivity contribution in [1.29, 1.82) is 0 Å². The molecule has 120 valence electrons. The third kappa shape index (κ3) is 9.28. The van der Waals surface area contributed by atoms with Crippen LogP contribution >= 0.6 is 15.9 Å². The highest BCUT2D eigenvalue weighted by Gasteiger charge is 2.11. The predicted octanol–water partition coefficient (Wildman–Crippen LogP) is 4.67. The molecule has 0 amide bonds. The van der Waals surface area contributed by atoms with Gasteiger partial charge in [0, 0.05) is 11.1 Å². The molecule has 0 fully saturated rings. The molecule has 0 aliphatic heterocycles. The summed E-state index contributed by atoms with van der Waals surface area (Å²) in [7, 11) is 0. The van der Waals surface area contributed by atoms with Crippen molar-refractivity contribution in [2.75, 3.05) is 19.7 Å². The fourth-order valence-electron chi connectivity index (χ4n) is 2.32. The van der Waals surface area contributed by atoms with Crippen LogP contribution in [0.4, 0.5) is 0 Å². The maximum absolute atomic E-state index is 5.72. The number of halogens is 1. The van der Waals surface area contributed by atoms with Gasteiger partial charge in [0.2, 0.25) is 0 Å². The van der Waals surface area contributed by atoms with Crippen LogP contribution in [0.1, 0.15) is 39.7 Å². The summed E-state index contributed by atoms with van der Waals surface area (Å²) in [5.74, 6) is 1.32. The van der Waals surface area contributed by atoms with Gasteiger partial charge >= 0.3 is 0 Å². The Labute approximate surface area is 138 Å². The van der Waals surface area contributed by atoms with Crippen molar-refractivity contribution in [3.05, 3.63) is 34.3 Å². The molecule has 1 aromatic carbocycles. The molecule has 0 radical (unpaired) electrons. The molecule has 0 aromatic heterocycles. The zero-order valence-electron chi connectivity index (χ0n) is 13.9. The van der Waals surface area contributed by atoms with Crippen molar-refractivity contribution >= 4 is 15.9 Å². The molecule has 1 aromatic rings. The van der Waals surface area contributed by atoms with E-state index in [1.54, 1.807) is 0 Å². The topological polar surface area (TPSA) is 21.3 Å². The summed E-state index contributed by atoms with van der Waals surface area (Å²) in [6.45, 7) is 11.7. The lowest BCUT2D eigenvalue weighted by Gasteiger charge is -2.19. The van der Waals surface area contributed by atoms with E-state index in [0.29, 0.717) is 17.9 Å². The molecule has 0 saturated heterocycles. The third-order valence-electron chi connectivity index (χ3n) is 3.38. The number of hydrogen-bond acceptors (Lipinski definition) is 2. The van der Waals surface area contributed by atoms with E-state index in [0.717, 1.165) is 37.0 Å². The van der Waals surface area contributed by atoms with Crippen LogP contribution in [0.3, 0.4) is 0 Å². The van der Waals surface area contributed by atoms with E-state index in [1.807, 2.05) is 0 Å². The van der Waals surface area contributed by atoms with Crippen molar-refractivity contribution < 1.29 is 4.74 Å². The van der Waals surface area contributed by atoms with Gasteiger partial charge in [-0.25, -0.2) is 0 Å². The molecule has 1 unspecified atom stereocenters. The molecule has 1 rings (SSSR count).